The van der Waals surface area contributed by atoms with Gasteiger partial charge in [0.05, 0.1) is 6.04 Å². The average Bonchev–Trinajstić information content (AvgIpc) is 3.53. The number of nitrogens with one attached hydrogen (secondary N) is 4. The summed E-state index contributed by atoms with van der Waals surface area (Å²) in [6.45, 7) is 5.33. The molecular weight excluding hydrogens is 468 g/mol. The molecule has 2 aromatic carbocycles. The summed E-state index contributed by atoms with van der Waals surface area (Å²) in [6.07, 6.45) is 3.16. The van der Waals surface area contributed by atoms with Crippen molar-refractivity contribution < 1.29 is 19.1 Å². The van der Waals surface area contributed by atoms with E-state index in [2.05, 4.69) is 45.5 Å². The van der Waals surface area contributed by atoms with Gasteiger partial charge in [0.2, 0.25) is 11.8 Å². The lowest BCUT2D eigenvalue weighted by Gasteiger charge is -2.22. The second kappa shape index (κ2) is 12.7. The van der Waals surface area contributed by atoms with Gasteiger partial charge in [0, 0.05) is 18.5 Å². The fourth-order valence-corrected chi connectivity index (χ4v) is 5.15. The highest BCUT2D eigenvalue weighted by molar-refractivity contribution is 5.90. The fourth-order valence-electron chi connectivity index (χ4n) is 5.15. The average molecular weight is 507 g/mol. The monoisotopic (exact) mass is 506 g/mol. The largest absolute Gasteiger partial charge is 0.449 e. The SMILES string of the molecule is CC(C)NC(=O)[C@H](CCCCNC(=O)OCC1c2ccccc2-c2ccccc21)NC(=O)[C@@H]1CCCN1. The number of carbonyl (C=O) groups excluding carboxylic acids is 3. The first-order valence-corrected chi connectivity index (χ1v) is 13.4. The Labute approximate surface area is 218 Å². The summed E-state index contributed by atoms with van der Waals surface area (Å²) in [7, 11) is 0. The van der Waals surface area contributed by atoms with Crippen molar-refractivity contribution in [2.45, 2.75) is 70.0 Å². The van der Waals surface area contributed by atoms with E-state index in [0.29, 0.717) is 25.8 Å². The van der Waals surface area contributed by atoms with Crippen LogP contribution >= 0.6 is 0 Å². The van der Waals surface area contributed by atoms with Gasteiger partial charge in [0.1, 0.15) is 12.6 Å². The van der Waals surface area contributed by atoms with E-state index >= 15 is 0 Å². The van der Waals surface area contributed by atoms with E-state index in [0.717, 1.165) is 19.4 Å². The quantitative estimate of drug-likeness (QED) is 0.349. The zero-order valence-corrected chi connectivity index (χ0v) is 21.7. The Hall–Kier alpha value is -3.39. The number of ether oxygens (including phenoxy) is 1. The lowest BCUT2D eigenvalue weighted by Crippen LogP contribution is -2.52. The van der Waals surface area contributed by atoms with Crippen LogP contribution in [0.4, 0.5) is 4.79 Å². The number of fused-ring (bicyclic) bond motifs is 3. The predicted octanol–water partition coefficient (Wildman–Crippen LogP) is 3.46. The van der Waals surface area contributed by atoms with E-state index in [1.165, 1.54) is 22.3 Å². The van der Waals surface area contributed by atoms with Crippen LogP contribution in [-0.2, 0) is 14.3 Å². The van der Waals surface area contributed by atoms with Crippen LogP contribution < -0.4 is 21.3 Å². The summed E-state index contributed by atoms with van der Waals surface area (Å²) in [4.78, 5) is 37.5. The second-order valence-electron chi connectivity index (χ2n) is 10.1. The van der Waals surface area contributed by atoms with Crippen molar-refractivity contribution in [3.63, 3.8) is 0 Å². The van der Waals surface area contributed by atoms with Gasteiger partial charge in [0.25, 0.3) is 0 Å². The van der Waals surface area contributed by atoms with E-state index in [1.807, 2.05) is 38.1 Å². The summed E-state index contributed by atoms with van der Waals surface area (Å²) in [5.41, 5.74) is 4.74. The maximum absolute atomic E-state index is 12.6. The molecule has 4 N–H and O–H groups in total. The van der Waals surface area contributed by atoms with Crippen LogP contribution in [0.3, 0.4) is 0 Å². The Morgan fingerprint density at radius 1 is 0.973 bits per heavy atom. The molecule has 198 valence electrons. The zero-order chi connectivity index (χ0) is 26.2. The third-order valence-corrected chi connectivity index (χ3v) is 6.97. The molecule has 2 aromatic rings. The summed E-state index contributed by atoms with van der Waals surface area (Å²) in [6, 6.07) is 15.6. The van der Waals surface area contributed by atoms with Crippen molar-refractivity contribution in [1.29, 1.82) is 0 Å². The first-order valence-electron chi connectivity index (χ1n) is 13.4. The van der Waals surface area contributed by atoms with Crippen LogP contribution in [0.25, 0.3) is 11.1 Å². The number of alkyl carbamates (subject to hydrolysis) is 1. The third kappa shape index (κ3) is 6.89. The van der Waals surface area contributed by atoms with Gasteiger partial charge in [-0.25, -0.2) is 4.79 Å². The molecule has 1 aliphatic heterocycles. The van der Waals surface area contributed by atoms with Crippen LogP contribution in [-0.4, -0.2) is 55.7 Å². The molecule has 37 heavy (non-hydrogen) atoms. The van der Waals surface area contributed by atoms with E-state index in [-0.39, 0.29) is 36.4 Å². The molecule has 0 spiro atoms. The Kier molecular flexibility index (Phi) is 9.17. The second-order valence-corrected chi connectivity index (χ2v) is 10.1. The topological polar surface area (TPSA) is 109 Å². The number of hydrogen-bond donors (Lipinski definition) is 4. The summed E-state index contributed by atoms with van der Waals surface area (Å²) in [5, 5.41) is 11.8. The van der Waals surface area contributed by atoms with E-state index in [9.17, 15) is 14.4 Å². The van der Waals surface area contributed by atoms with E-state index in [4.69, 9.17) is 4.74 Å². The highest BCUT2D eigenvalue weighted by Gasteiger charge is 2.29. The lowest BCUT2D eigenvalue weighted by atomic mass is 9.98. The van der Waals surface area contributed by atoms with Crippen LogP contribution in [0.1, 0.15) is 63.0 Å². The van der Waals surface area contributed by atoms with Gasteiger partial charge in [-0.05, 0) is 74.8 Å². The van der Waals surface area contributed by atoms with Crippen molar-refractivity contribution in [2.75, 3.05) is 19.7 Å². The van der Waals surface area contributed by atoms with Crippen LogP contribution in [0.15, 0.2) is 48.5 Å². The van der Waals surface area contributed by atoms with Gasteiger partial charge in [-0.2, -0.15) is 0 Å². The highest BCUT2D eigenvalue weighted by Crippen LogP contribution is 2.44. The van der Waals surface area contributed by atoms with Gasteiger partial charge >= 0.3 is 6.09 Å². The molecular formula is C29H38N4O4. The maximum Gasteiger partial charge on any atom is 0.407 e. The molecule has 0 aromatic heterocycles. The molecule has 0 radical (unpaired) electrons. The van der Waals surface area contributed by atoms with E-state index < -0.39 is 12.1 Å². The number of amides is 3. The van der Waals surface area contributed by atoms with Gasteiger partial charge < -0.3 is 26.0 Å². The van der Waals surface area contributed by atoms with Crippen molar-refractivity contribution in [1.82, 2.24) is 21.3 Å². The zero-order valence-electron chi connectivity index (χ0n) is 21.7. The summed E-state index contributed by atoms with van der Waals surface area (Å²) >= 11 is 0. The van der Waals surface area contributed by atoms with Crippen LogP contribution in [0.2, 0.25) is 0 Å². The summed E-state index contributed by atoms with van der Waals surface area (Å²) < 4.78 is 5.58. The number of benzene rings is 2. The van der Waals surface area contributed by atoms with Crippen LogP contribution in [0.5, 0.6) is 0 Å². The minimum absolute atomic E-state index is 0.00765. The van der Waals surface area contributed by atoms with Crippen molar-refractivity contribution >= 4 is 17.9 Å². The Morgan fingerprint density at radius 3 is 2.27 bits per heavy atom. The Morgan fingerprint density at radius 2 is 1.65 bits per heavy atom. The molecule has 8 heteroatoms. The van der Waals surface area contributed by atoms with E-state index in [1.54, 1.807) is 0 Å². The van der Waals surface area contributed by atoms with Crippen molar-refractivity contribution in [3.05, 3.63) is 59.7 Å². The molecule has 1 heterocycles. The van der Waals surface area contributed by atoms with Crippen LogP contribution in [0, 0.1) is 0 Å². The Bertz CT molecular complexity index is 1050. The highest BCUT2D eigenvalue weighted by atomic mass is 16.5. The molecule has 3 amide bonds. The maximum atomic E-state index is 12.6. The Balaban J connectivity index is 1.20. The fraction of sp³-hybridized carbons (Fsp3) is 0.483. The van der Waals surface area contributed by atoms with Crippen molar-refractivity contribution in [3.8, 4) is 11.1 Å². The first kappa shape index (κ1) is 26.7. The molecule has 0 unspecified atom stereocenters. The molecule has 0 saturated carbocycles. The van der Waals surface area contributed by atoms with Gasteiger partial charge in [-0.15, -0.1) is 0 Å². The van der Waals surface area contributed by atoms with Gasteiger partial charge in [-0.3, -0.25) is 9.59 Å². The molecule has 1 aliphatic carbocycles. The molecule has 0 bridgehead atoms. The first-order chi connectivity index (χ1) is 17.9. The predicted molar refractivity (Wildman–Crippen MR) is 143 cm³/mol. The normalized spacial score (nSPS) is 17.1. The number of rotatable bonds is 11. The summed E-state index contributed by atoms with van der Waals surface area (Å²) in [5.74, 6) is -0.277. The standard InChI is InChI=1S/C29H38N4O4/c1-19(2)32-28(35)26(33-27(34)25-15-9-17-30-25)14-7-8-16-31-29(36)37-18-24-22-12-5-3-10-20(22)21-11-4-6-13-23(21)24/h3-6,10-13,19,24-26,30H,7-9,14-18H2,1-2H3,(H,31,36)(H,32,35)(H,33,34)/t25-,26-/m0/s1. The molecule has 4 rings (SSSR count). The minimum Gasteiger partial charge on any atom is -0.449 e. The van der Waals surface area contributed by atoms with Gasteiger partial charge in [0.15, 0.2) is 0 Å². The molecule has 1 fully saturated rings. The number of carbonyl (C=O) groups is 3. The molecule has 2 atom stereocenters. The lowest BCUT2D eigenvalue weighted by molar-refractivity contribution is -0.130. The van der Waals surface area contributed by atoms with Gasteiger partial charge in [-0.1, -0.05) is 48.5 Å². The number of unbranched alkanes of at least 4 members (excludes halogenated alkanes) is 1. The van der Waals surface area contributed by atoms with Crippen molar-refractivity contribution in [2.24, 2.45) is 0 Å². The minimum atomic E-state index is -0.591. The number of hydrogen-bond acceptors (Lipinski definition) is 5. The molecule has 2 aliphatic rings. The molecule has 8 nitrogen and oxygen atoms in total. The smallest absolute Gasteiger partial charge is 0.407 e. The molecule has 1 saturated heterocycles. The third-order valence-electron chi connectivity index (χ3n) is 6.97.